The number of rotatable bonds is 5. The Labute approximate surface area is 161 Å². The van der Waals surface area contributed by atoms with E-state index in [9.17, 15) is 27.8 Å². The van der Waals surface area contributed by atoms with Crippen LogP contribution in [0.3, 0.4) is 0 Å². The van der Waals surface area contributed by atoms with Gasteiger partial charge in [-0.1, -0.05) is 11.6 Å². The third-order valence-electron chi connectivity index (χ3n) is 4.05. The molecule has 0 saturated heterocycles. The van der Waals surface area contributed by atoms with E-state index in [1.54, 1.807) is 0 Å². The van der Waals surface area contributed by atoms with Gasteiger partial charge in [0.15, 0.2) is 11.2 Å². The standard InChI is InChI=1S/C17H15ClF4N4O2/c1-16(28,17(20,21)22)8-13(27)25-15-23-11-6-7-12(18)24-14(11)26(15)10-4-2-9(19)3-5-10/h2-7,13,27-28H,8H2,1H3,(H,23,25). The molecule has 3 N–H and O–H groups in total. The quantitative estimate of drug-likeness (QED) is 0.335. The average Bonchev–Trinajstić information content (AvgIpc) is 2.91. The lowest BCUT2D eigenvalue weighted by Gasteiger charge is -2.28. The van der Waals surface area contributed by atoms with Crippen LogP contribution in [0, 0.1) is 5.82 Å². The maximum atomic E-state index is 13.3. The summed E-state index contributed by atoms with van der Waals surface area (Å²) in [5, 5.41) is 22.2. The van der Waals surface area contributed by atoms with Gasteiger partial charge in [-0.05, 0) is 43.3 Å². The Morgan fingerprint density at radius 2 is 1.79 bits per heavy atom. The van der Waals surface area contributed by atoms with E-state index in [-0.39, 0.29) is 16.7 Å². The summed E-state index contributed by atoms with van der Waals surface area (Å²) in [6, 6.07) is 8.18. The van der Waals surface area contributed by atoms with E-state index in [4.69, 9.17) is 11.6 Å². The topological polar surface area (TPSA) is 83.2 Å². The van der Waals surface area contributed by atoms with Crippen LogP contribution in [0.1, 0.15) is 13.3 Å². The lowest BCUT2D eigenvalue weighted by molar-refractivity contribution is -0.259. The fourth-order valence-corrected chi connectivity index (χ4v) is 2.70. The van der Waals surface area contributed by atoms with Crippen molar-refractivity contribution in [3.8, 4) is 5.69 Å². The Bertz CT molecular complexity index is 989. The van der Waals surface area contributed by atoms with Crippen molar-refractivity contribution >= 4 is 28.7 Å². The zero-order chi connectivity index (χ0) is 20.7. The second kappa shape index (κ2) is 7.19. The van der Waals surface area contributed by atoms with Gasteiger partial charge in [0, 0.05) is 6.42 Å². The molecule has 6 nitrogen and oxygen atoms in total. The van der Waals surface area contributed by atoms with Crippen LogP contribution in [0.2, 0.25) is 5.15 Å². The summed E-state index contributed by atoms with van der Waals surface area (Å²) in [6.45, 7) is 0.558. The molecule has 3 aromatic rings. The minimum atomic E-state index is -4.93. The largest absolute Gasteiger partial charge is 0.417 e. The van der Waals surface area contributed by atoms with Crippen LogP contribution < -0.4 is 5.32 Å². The highest BCUT2D eigenvalue weighted by atomic mass is 35.5. The normalized spacial score (nSPS) is 15.4. The first-order chi connectivity index (χ1) is 13.0. The van der Waals surface area contributed by atoms with Crippen LogP contribution in [-0.2, 0) is 0 Å². The summed E-state index contributed by atoms with van der Waals surface area (Å²) < 4.78 is 53.2. The van der Waals surface area contributed by atoms with Crippen molar-refractivity contribution in [2.24, 2.45) is 0 Å². The minimum absolute atomic E-state index is 0.0538. The van der Waals surface area contributed by atoms with E-state index in [1.807, 2.05) is 0 Å². The second-order valence-electron chi connectivity index (χ2n) is 6.36. The van der Waals surface area contributed by atoms with Gasteiger partial charge in [0.2, 0.25) is 5.95 Å². The van der Waals surface area contributed by atoms with Crippen molar-refractivity contribution in [2.75, 3.05) is 5.32 Å². The van der Waals surface area contributed by atoms with E-state index in [0.717, 1.165) is 0 Å². The molecular weight excluding hydrogens is 404 g/mol. The van der Waals surface area contributed by atoms with Crippen molar-refractivity contribution in [2.45, 2.75) is 31.3 Å². The Kier molecular flexibility index (Phi) is 5.22. The van der Waals surface area contributed by atoms with Crippen molar-refractivity contribution < 1.29 is 27.8 Å². The molecule has 2 unspecified atom stereocenters. The Hall–Kier alpha value is -2.43. The molecule has 3 rings (SSSR count). The third-order valence-corrected chi connectivity index (χ3v) is 4.26. The predicted molar refractivity (Wildman–Crippen MR) is 94.8 cm³/mol. The number of hydrogen-bond donors (Lipinski definition) is 3. The highest BCUT2D eigenvalue weighted by Crippen LogP contribution is 2.34. The number of imidazole rings is 1. The van der Waals surface area contributed by atoms with Crippen LogP contribution in [0.25, 0.3) is 16.9 Å². The Morgan fingerprint density at radius 3 is 2.39 bits per heavy atom. The van der Waals surface area contributed by atoms with Gasteiger partial charge < -0.3 is 15.5 Å². The van der Waals surface area contributed by atoms with Crippen LogP contribution >= 0.6 is 11.6 Å². The fourth-order valence-electron chi connectivity index (χ4n) is 2.56. The molecule has 2 aromatic heterocycles. The highest BCUT2D eigenvalue weighted by Gasteiger charge is 2.50. The molecule has 0 aliphatic heterocycles. The number of benzene rings is 1. The number of aliphatic hydroxyl groups excluding tert-OH is 1. The number of hydrogen-bond acceptors (Lipinski definition) is 5. The van der Waals surface area contributed by atoms with E-state index in [1.165, 1.54) is 41.0 Å². The first kappa shape index (κ1) is 20.3. The molecule has 0 fully saturated rings. The lowest BCUT2D eigenvalue weighted by atomic mass is 10.0. The molecule has 28 heavy (non-hydrogen) atoms. The van der Waals surface area contributed by atoms with E-state index in [0.29, 0.717) is 18.1 Å². The molecule has 2 heterocycles. The molecule has 0 bridgehead atoms. The number of alkyl halides is 3. The maximum absolute atomic E-state index is 13.3. The van der Waals surface area contributed by atoms with Crippen molar-refractivity contribution in [3.05, 3.63) is 47.4 Å². The molecule has 0 saturated carbocycles. The van der Waals surface area contributed by atoms with Gasteiger partial charge in [0.1, 0.15) is 22.7 Å². The molecule has 1 aromatic carbocycles. The van der Waals surface area contributed by atoms with Crippen LogP contribution in [0.5, 0.6) is 0 Å². The Morgan fingerprint density at radius 1 is 1.14 bits per heavy atom. The van der Waals surface area contributed by atoms with E-state index in [2.05, 4.69) is 15.3 Å². The number of pyridine rings is 1. The molecule has 0 radical (unpaired) electrons. The fraction of sp³-hybridized carbons (Fsp3) is 0.294. The molecule has 150 valence electrons. The number of aromatic nitrogens is 3. The van der Waals surface area contributed by atoms with Crippen LogP contribution in [0.4, 0.5) is 23.5 Å². The number of anilines is 1. The highest BCUT2D eigenvalue weighted by molar-refractivity contribution is 6.29. The molecule has 11 heteroatoms. The maximum Gasteiger partial charge on any atom is 0.417 e. The molecule has 0 amide bonds. The van der Waals surface area contributed by atoms with Gasteiger partial charge in [0.25, 0.3) is 0 Å². The van der Waals surface area contributed by atoms with E-state index < -0.39 is 30.2 Å². The Balaban J connectivity index is 2.01. The summed E-state index contributed by atoms with van der Waals surface area (Å²) in [6.07, 6.45) is -7.76. The zero-order valence-electron chi connectivity index (χ0n) is 14.4. The number of aliphatic hydroxyl groups is 2. The number of fused-ring (bicyclic) bond motifs is 1. The summed E-state index contributed by atoms with van der Waals surface area (Å²) >= 11 is 5.92. The van der Waals surface area contributed by atoms with E-state index >= 15 is 0 Å². The van der Waals surface area contributed by atoms with Crippen molar-refractivity contribution in [3.63, 3.8) is 0 Å². The van der Waals surface area contributed by atoms with Gasteiger partial charge in [0.05, 0.1) is 5.69 Å². The lowest BCUT2D eigenvalue weighted by Crippen LogP contribution is -2.46. The van der Waals surface area contributed by atoms with Gasteiger partial charge in [-0.15, -0.1) is 0 Å². The van der Waals surface area contributed by atoms with Gasteiger partial charge in [-0.3, -0.25) is 4.57 Å². The second-order valence-corrected chi connectivity index (χ2v) is 6.75. The summed E-state index contributed by atoms with van der Waals surface area (Å²) in [5.74, 6) is -0.545. The van der Waals surface area contributed by atoms with Crippen molar-refractivity contribution in [1.82, 2.24) is 14.5 Å². The predicted octanol–water partition coefficient (Wildman–Crippen LogP) is 3.65. The number of nitrogens with one attached hydrogen (secondary N) is 1. The molecule has 0 aliphatic carbocycles. The summed E-state index contributed by atoms with van der Waals surface area (Å²) in [7, 11) is 0. The molecule has 0 aliphatic rings. The molecule has 0 spiro atoms. The first-order valence-electron chi connectivity index (χ1n) is 8.02. The number of nitrogens with zero attached hydrogens (tertiary/aromatic N) is 3. The van der Waals surface area contributed by atoms with Gasteiger partial charge in [-0.2, -0.15) is 13.2 Å². The summed E-state index contributed by atoms with van der Waals surface area (Å²) in [5.41, 5.74) is -2.15. The average molecular weight is 419 g/mol. The van der Waals surface area contributed by atoms with Crippen molar-refractivity contribution in [1.29, 1.82) is 0 Å². The van der Waals surface area contributed by atoms with Crippen LogP contribution in [-0.4, -0.2) is 42.8 Å². The minimum Gasteiger partial charge on any atom is -0.381 e. The van der Waals surface area contributed by atoms with Crippen LogP contribution in [0.15, 0.2) is 36.4 Å². The van der Waals surface area contributed by atoms with Gasteiger partial charge in [-0.25, -0.2) is 14.4 Å². The smallest absolute Gasteiger partial charge is 0.381 e. The SMILES string of the molecule is CC(O)(CC(O)Nc1nc2ccc(Cl)nc2n1-c1ccc(F)cc1)C(F)(F)F. The molecular formula is C17H15ClF4N4O2. The number of halogens is 5. The van der Waals surface area contributed by atoms with Gasteiger partial charge >= 0.3 is 6.18 Å². The zero-order valence-corrected chi connectivity index (χ0v) is 15.1. The first-order valence-corrected chi connectivity index (χ1v) is 8.40. The summed E-state index contributed by atoms with van der Waals surface area (Å²) in [4.78, 5) is 8.34. The monoisotopic (exact) mass is 418 g/mol. The molecule has 2 atom stereocenters. The third kappa shape index (κ3) is 4.03.